The monoisotopic (exact) mass is 273 g/mol. The zero-order valence-corrected chi connectivity index (χ0v) is 12.5. The largest absolute Gasteiger partial charge is 0.496 e. The Morgan fingerprint density at radius 1 is 1.30 bits per heavy atom. The summed E-state index contributed by atoms with van der Waals surface area (Å²) in [7, 11) is 1.65. The average molecular weight is 273 g/mol. The third-order valence-corrected chi connectivity index (χ3v) is 3.15. The van der Waals surface area contributed by atoms with E-state index in [1.165, 1.54) is 0 Å². The van der Waals surface area contributed by atoms with Crippen LogP contribution in [0.15, 0.2) is 22.6 Å². The molecule has 0 aliphatic carbocycles. The van der Waals surface area contributed by atoms with Crippen LogP contribution in [0, 0.1) is 6.92 Å². The number of carbonyl (C=O) groups is 1. The van der Waals surface area contributed by atoms with Crippen molar-refractivity contribution < 1.29 is 13.9 Å². The molecule has 2 rings (SSSR count). The number of oxazole rings is 1. The molecule has 0 saturated carbocycles. The van der Waals surface area contributed by atoms with E-state index in [0.717, 1.165) is 16.9 Å². The van der Waals surface area contributed by atoms with Gasteiger partial charge in [-0.15, -0.1) is 0 Å². The van der Waals surface area contributed by atoms with Crippen molar-refractivity contribution in [1.82, 2.24) is 4.98 Å². The van der Waals surface area contributed by atoms with Crippen molar-refractivity contribution in [3.05, 3.63) is 35.4 Å². The number of aromatic nitrogens is 1. The van der Waals surface area contributed by atoms with E-state index < -0.39 is 0 Å². The van der Waals surface area contributed by atoms with E-state index >= 15 is 0 Å². The van der Waals surface area contributed by atoms with Crippen LogP contribution in [-0.2, 0) is 5.41 Å². The quantitative estimate of drug-likeness (QED) is 0.799. The van der Waals surface area contributed by atoms with E-state index in [1.54, 1.807) is 14.0 Å². The van der Waals surface area contributed by atoms with Gasteiger partial charge in [-0.25, -0.2) is 4.98 Å². The molecule has 0 bridgehead atoms. The summed E-state index contributed by atoms with van der Waals surface area (Å²) in [5, 5.41) is 0. The minimum absolute atomic E-state index is 0.0680. The van der Waals surface area contributed by atoms with Gasteiger partial charge in [0.1, 0.15) is 11.4 Å². The molecule has 0 unspecified atom stereocenters. The summed E-state index contributed by atoms with van der Waals surface area (Å²) in [6.45, 7) is 8.07. The smallest absolute Gasteiger partial charge is 0.195 e. The van der Waals surface area contributed by atoms with E-state index in [2.05, 4.69) is 25.8 Å². The van der Waals surface area contributed by atoms with Crippen molar-refractivity contribution in [2.45, 2.75) is 33.1 Å². The lowest BCUT2D eigenvalue weighted by Crippen LogP contribution is -2.13. The van der Waals surface area contributed by atoms with Gasteiger partial charge in [-0.3, -0.25) is 4.79 Å². The molecule has 0 radical (unpaired) electrons. The standard InChI is InChI=1S/C16H19NO3/c1-10-17-15(14(9-18)20-10)11-6-7-13(19-5)12(8-11)16(2,3)4/h6-9H,1-5H3. The number of rotatable bonds is 3. The van der Waals surface area contributed by atoms with Crippen LogP contribution in [0.5, 0.6) is 5.75 Å². The van der Waals surface area contributed by atoms with Gasteiger partial charge in [-0.2, -0.15) is 0 Å². The zero-order chi connectivity index (χ0) is 14.9. The lowest BCUT2D eigenvalue weighted by Gasteiger charge is -2.22. The topological polar surface area (TPSA) is 52.3 Å². The summed E-state index contributed by atoms with van der Waals surface area (Å²) >= 11 is 0. The normalized spacial score (nSPS) is 11.4. The highest BCUT2D eigenvalue weighted by Gasteiger charge is 2.21. The molecule has 4 heteroatoms. The molecule has 0 aliphatic heterocycles. The van der Waals surface area contributed by atoms with E-state index in [4.69, 9.17) is 9.15 Å². The summed E-state index contributed by atoms with van der Waals surface area (Å²) in [4.78, 5) is 15.4. The zero-order valence-electron chi connectivity index (χ0n) is 12.5. The van der Waals surface area contributed by atoms with E-state index in [0.29, 0.717) is 17.9 Å². The van der Waals surface area contributed by atoms with Crippen LogP contribution in [0.25, 0.3) is 11.3 Å². The molecule has 1 heterocycles. The molecule has 2 aromatic rings. The number of benzene rings is 1. The molecule has 106 valence electrons. The Morgan fingerprint density at radius 3 is 2.55 bits per heavy atom. The molecule has 0 amide bonds. The lowest BCUT2D eigenvalue weighted by molar-refractivity contribution is 0.110. The molecule has 0 aliphatic rings. The molecular weight excluding hydrogens is 254 g/mol. The van der Waals surface area contributed by atoms with Crippen molar-refractivity contribution >= 4 is 6.29 Å². The highest BCUT2D eigenvalue weighted by molar-refractivity contribution is 5.82. The minimum Gasteiger partial charge on any atom is -0.496 e. The Morgan fingerprint density at radius 2 is 2.00 bits per heavy atom. The Hall–Kier alpha value is -2.10. The van der Waals surface area contributed by atoms with Crippen molar-refractivity contribution in [2.75, 3.05) is 7.11 Å². The van der Waals surface area contributed by atoms with Crippen LogP contribution >= 0.6 is 0 Å². The first-order valence-electron chi connectivity index (χ1n) is 6.48. The van der Waals surface area contributed by atoms with Crippen molar-refractivity contribution in [3.8, 4) is 17.0 Å². The lowest BCUT2D eigenvalue weighted by atomic mass is 9.85. The number of methoxy groups -OCH3 is 1. The first-order chi connectivity index (χ1) is 9.36. The number of ether oxygens (including phenoxy) is 1. The maximum Gasteiger partial charge on any atom is 0.195 e. The minimum atomic E-state index is -0.0680. The second kappa shape index (κ2) is 5.12. The van der Waals surface area contributed by atoms with E-state index in [1.807, 2.05) is 18.2 Å². The summed E-state index contributed by atoms with van der Waals surface area (Å²) < 4.78 is 10.7. The number of hydrogen-bond donors (Lipinski definition) is 0. The highest BCUT2D eigenvalue weighted by Crippen LogP contribution is 2.35. The first kappa shape index (κ1) is 14.3. The fraction of sp³-hybridized carbons (Fsp3) is 0.375. The predicted molar refractivity (Wildman–Crippen MR) is 77.3 cm³/mol. The molecule has 0 saturated heterocycles. The summed E-state index contributed by atoms with van der Waals surface area (Å²) in [6.07, 6.45) is 0.691. The summed E-state index contributed by atoms with van der Waals surface area (Å²) in [5.41, 5.74) is 2.43. The van der Waals surface area contributed by atoms with Gasteiger partial charge in [0.2, 0.25) is 0 Å². The fourth-order valence-electron chi connectivity index (χ4n) is 2.17. The Kier molecular flexibility index (Phi) is 3.66. The molecule has 0 N–H and O–H groups in total. The number of carbonyl (C=O) groups excluding carboxylic acids is 1. The number of hydrogen-bond acceptors (Lipinski definition) is 4. The molecule has 1 aromatic heterocycles. The van der Waals surface area contributed by atoms with Crippen LogP contribution in [0.2, 0.25) is 0 Å². The van der Waals surface area contributed by atoms with Crippen LogP contribution in [0.4, 0.5) is 0 Å². The molecule has 0 fully saturated rings. The van der Waals surface area contributed by atoms with E-state index in [9.17, 15) is 4.79 Å². The number of aryl methyl sites for hydroxylation is 1. The Labute approximate surface area is 118 Å². The Bertz CT molecular complexity index is 636. The Balaban J connectivity index is 2.61. The molecule has 1 aromatic carbocycles. The van der Waals surface area contributed by atoms with Gasteiger partial charge in [0, 0.05) is 18.1 Å². The number of nitrogens with zero attached hydrogens (tertiary/aromatic N) is 1. The maximum absolute atomic E-state index is 11.1. The van der Waals surface area contributed by atoms with Gasteiger partial charge in [0.05, 0.1) is 7.11 Å². The third-order valence-electron chi connectivity index (χ3n) is 3.15. The van der Waals surface area contributed by atoms with Gasteiger partial charge in [0.25, 0.3) is 0 Å². The summed E-state index contributed by atoms with van der Waals surface area (Å²) in [6, 6.07) is 5.79. The second-order valence-corrected chi connectivity index (χ2v) is 5.73. The number of aldehydes is 1. The van der Waals surface area contributed by atoms with Gasteiger partial charge in [0.15, 0.2) is 17.9 Å². The van der Waals surface area contributed by atoms with E-state index in [-0.39, 0.29) is 11.2 Å². The second-order valence-electron chi connectivity index (χ2n) is 5.73. The molecule has 4 nitrogen and oxygen atoms in total. The fourth-order valence-corrected chi connectivity index (χ4v) is 2.17. The van der Waals surface area contributed by atoms with Gasteiger partial charge in [-0.1, -0.05) is 20.8 Å². The summed E-state index contributed by atoms with van der Waals surface area (Å²) in [5.74, 6) is 1.57. The van der Waals surface area contributed by atoms with Crippen molar-refractivity contribution in [3.63, 3.8) is 0 Å². The molecule has 0 atom stereocenters. The van der Waals surface area contributed by atoms with Crippen LogP contribution in [-0.4, -0.2) is 18.4 Å². The van der Waals surface area contributed by atoms with Gasteiger partial charge >= 0.3 is 0 Å². The van der Waals surface area contributed by atoms with Crippen LogP contribution in [0.1, 0.15) is 42.8 Å². The third kappa shape index (κ3) is 2.59. The molecule has 20 heavy (non-hydrogen) atoms. The maximum atomic E-state index is 11.1. The van der Waals surface area contributed by atoms with Crippen LogP contribution < -0.4 is 4.74 Å². The average Bonchev–Trinajstić information content (AvgIpc) is 2.78. The molecule has 0 spiro atoms. The van der Waals surface area contributed by atoms with Crippen molar-refractivity contribution in [1.29, 1.82) is 0 Å². The van der Waals surface area contributed by atoms with Gasteiger partial charge in [-0.05, 0) is 23.6 Å². The predicted octanol–water partition coefficient (Wildman–Crippen LogP) is 3.77. The SMILES string of the molecule is COc1ccc(-c2nc(C)oc2C=O)cc1C(C)(C)C. The highest BCUT2D eigenvalue weighted by atomic mass is 16.5. The van der Waals surface area contributed by atoms with Crippen molar-refractivity contribution in [2.24, 2.45) is 0 Å². The van der Waals surface area contributed by atoms with Gasteiger partial charge < -0.3 is 9.15 Å². The van der Waals surface area contributed by atoms with Crippen LogP contribution in [0.3, 0.4) is 0 Å². The first-order valence-corrected chi connectivity index (χ1v) is 6.48. The molecular formula is C16H19NO3.